The summed E-state index contributed by atoms with van der Waals surface area (Å²) in [4.78, 5) is 12.9. The molecule has 56 heavy (non-hydrogen) atoms. The van der Waals surface area contributed by atoms with Crippen LogP contribution < -0.4 is 24.6 Å². The smallest absolute Gasteiger partial charge is 0.302 e. The number of amides is 1. The van der Waals surface area contributed by atoms with Crippen molar-refractivity contribution in [2.45, 2.75) is 109 Å². The monoisotopic (exact) mass is 788 g/mol. The molecule has 0 radical (unpaired) electrons. The molecule has 3 aromatic carbocycles. The van der Waals surface area contributed by atoms with E-state index < -0.39 is 15.9 Å². The fourth-order valence-corrected chi connectivity index (χ4v) is 7.40. The van der Waals surface area contributed by atoms with Gasteiger partial charge in [-0.2, -0.15) is 20.5 Å². The summed E-state index contributed by atoms with van der Waals surface area (Å²) in [6, 6.07) is 17.6. The first kappa shape index (κ1) is 43.6. The Hall–Kier alpha value is -5.13. The molecule has 1 heterocycles. The molecule has 1 aliphatic heterocycles. The highest BCUT2D eigenvalue weighted by Gasteiger charge is 2.33. The van der Waals surface area contributed by atoms with Crippen LogP contribution in [-0.2, 0) is 19.6 Å². The number of benzene rings is 3. The van der Waals surface area contributed by atoms with Crippen LogP contribution >= 0.6 is 0 Å². The lowest BCUT2D eigenvalue weighted by Crippen LogP contribution is -2.28. The zero-order chi connectivity index (χ0) is 40.2. The number of phenolic OH excluding ortho intramolecular Hbond substituents is 1. The predicted molar refractivity (Wildman–Crippen MR) is 221 cm³/mol. The van der Waals surface area contributed by atoms with Crippen LogP contribution in [0.3, 0.4) is 0 Å². The maximum absolute atomic E-state index is 13.9. The van der Waals surface area contributed by atoms with Crippen molar-refractivity contribution in [2.24, 2.45) is 10.2 Å². The second-order valence-electron chi connectivity index (χ2n) is 13.8. The van der Waals surface area contributed by atoms with Gasteiger partial charge in [0.2, 0.25) is 0 Å². The number of para-hydroxylation sites is 1. The maximum atomic E-state index is 13.9. The van der Waals surface area contributed by atoms with Crippen LogP contribution in [0.5, 0.6) is 17.2 Å². The maximum Gasteiger partial charge on any atom is 0.302 e. The minimum absolute atomic E-state index is 0.0140. The number of carbonyl (C=O) groups excluding carboxylic acids is 1. The summed E-state index contributed by atoms with van der Waals surface area (Å²) in [5.41, 5.74) is 3.45. The van der Waals surface area contributed by atoms with Crippen LogP contribution in [-0.4, -0.2) is 57.8 Å². The Bertz CT molecular complexity index is 1930. The fourth-order valence-electron chi connectivity index (χ4n) is 6.17. The van der Waals surface area contributed by atoms with Crippen LogP contribution in [0.4, 0.5) is 17.1 Å². The van der Waals surface area contributed by atoms with E-state index in [0.29, 0.717) is 23.6 Å². The lowest BCUT2D eigenvalue weighted by atomic mass is 10.0. The molecule has 0 spiro atoms. The summed E-state index contributed by atoms with van der Waals surface area (Å²) in [5, 5.41) is 29.7. The van der Waals surface area contributed by atoms with E-state index in [1.807, 2.05) is 6.07 Å². The van der Waals surface area contributed by atoms with E-state index >= 15 is 0 Å². The van der Waals surface area contributed by atoms with E-state index in [-0.39, 0.29) is 52.4 Å². The Morgan fingerprint density at radius 3 is 2.07 bits per heavy atom. The number of ether oxygens (including phenoxy) is 3. The summed E-state index contributed by atoms with van der Waals surface area (Å²) in [5.74, 6) is -0.436. The Balaban J connectivity index is 1.36. The van der Waals surface area contributed by atoms with Gasteiger partial charge in [0, 0.05) is 13.2 Å². The number of rotatable bonds is 26. The number of hydrogen-bond acceptors (Lipinski definition) is 11. The van der Waals surface area contributed by atoms with Gasteiger partial charge in [-0.15, -0.1) is 0 Å². The van der Waals surface area contributed by atoms with Gasteiger partial charge in [-0.3, -0.25) is 14.9 Å². The zero-order valence-corrected chi connectivity index (χ0v) is 33.7. The summed E-state index contributed by atoms with van der Waals surface area (Å²) < 4.78 is 47.1. The van der Waals surface area contributed by atoms with Gasteiger partial charge in [0.05, 0.1) is 30.3 Å². The summed E-state index contributed by atoms with van der Waals surface area (Å²) >= 11 is 0. The topological polar surface area (TPSA) is 175 Å². The predicted octanol–water partition coefficient (Wildman–Crippen LogP) is 9.08. The summed E-state index contributed by atoms with van der Waals surface area (Å²) in [6.07, 6.45) is 17.6. The Morgan fingerprint density at radius 2 is 1.45 bits per heavy atom. The molecule has 0 atom stereocenters. The number of aromatic hydroxyl groups is 1. The lowest BCUT2D eigenvalue weighted by Gasteiger charge is -2.17. The van der Waals surface area contributed by atoms with E-state index in [4.69, 9.17) is 14.2 Å². The number of methoxy groups -OCH3 is 1. The van der Waals surface area contributed by atoms with Crippen molar-refractivity contribution in [2.75, 3.05) is 42.1 Å². The van der Waals surface area contributed by atoms with E-state index in [1.165, 1.54) is 108 Å². The number of phenols is 1. The molecular weight excluding hydrogens is 733 g/mol. The first-order valence-corrected chi connectivity index (χ1v) is 21.1. The van der Waals surface area contributed by atoms with Crippen molar-refractivity contribution in [3.05, 3.63) is 66.2 Å². The molecule has 13 nitrogen and oxygen atoms in total. The van der Waals surface area contributed by atoms with Gasteiger partial charge in [-0.1, -0.05) is 109 Å². The van der Waals surface area contributed by atoms with Gasteiger partial charge in [-0.05, 0) is 55.3 Å². The molecule has 302 valence electrons. The Morgan fingerprint density at radius 1 is 0.821 bits per heavy atom. The Labute approximate surface area is 331 Å². The molecule has 0 aliphatic carbocycles. The second kappa shape index (κ2) is 23.1. The molecule has 0 saturated heterocycles. The highest BCUT2D eigenvalue weighted by Crippen LogP contribution is 2.36. The van der Waals surface area contributed by atoms with Crippen molar-refractivity contribution >= 4 is 44.4 Å². The van der Waals surface area contributed by atoms with Crippen molar-refractivity contribution in [3.8, 4) is 23.3 Å². The quantitative estimate of drug-likeness (QED) is 0.0407. The number of nitrogens with one attached hydrogen (secondary N) is 2. The molecule has 0 saturated carbocycles. The number of unbranched alkanes of at least 4 members (excludes halogenated alkanes) is 13. The first-order valence-electron chi connectivity index (χ1n) is 19.7. The molecule has 0 aromatic heterocycles. The molecule has 3 aromatic rings. The molecular formula is C42H56N6O7S. The molecule has 0 unspecified atom stereocenters. The highest BCUT2D eigenvalue weighted by atomic mass is 32.2. The van der Waals surface area contributed by atoms with E-state index in [2.05, 4.69) is 27.3 Å². The van der Waals surface area contributed by atoms with E-state index in [1.54, 1.807) is 37.3 Å². The molecule has 1 amide bonds. The van der Waals surface area contributed by atoms with Gasteiger partial charge < -0.3 is 19.3 Å². The van der Waals surface area contributed by atoms with Crippen molar-refractivity contribution in [1.29, 1.82) is 5.26 Å². The van der Waals surface area contributed by atoms with Crippen molar-refractivity contribution < 1.29 is 32.5 Å². The number of sulfonamides is 1. The number of aryl methyl sites for hydroxylation is 1. The second-order valence-corrected chi connectivity index (χ2v) is 15.4. The van der Waals surface area contributed by atoms with E-state index in [0.717, 1.165) is 24.3 Å². The summed E-state index contributed by atoms with van der Waals surface area (Å²) in [6.45, 7) is 4.77. The van der Waals surface area contributed by atoms with E-state index in [9.17, 15) is 23.6 Å². The standard InChI is InChI=1S/C42H56N6O7S/c1-4-5-6-7-8-9-10-11-12-13-14-15-16-20-25-54-39-30-35(37(49)28-32(39)2)47-56(51,52)40-29-33(23-24-38(40)55-27-26-53-3)44-45-41-36(31-43)46-48(42(41)50)34-21-18-17-19-22-34/h17-19,21-24,28-30,44,47,49H,4-16,20,25-27H2,1-3H3/b45-41+. The largest absolute Gasteiger partial charge is 0.506 e. The van der Waals surface area contributed by atoms with Gasteiger partial charge in [0.25, 0.3) is 10.0 Å². The number of carbonyl (C=O) groups is 1. The number of anilines is 3. The normalized spacial score (nSPS) is 13.5. The Kier molecular flexibility index (Phi) is 18.0. The van der Waals surface area contributed by atoms with Gasteiger partial charge in [0.1, 0.15) is 34.8 Å². The summed E-state index contributed by atoms with van der Waals surface area (Å²) in [7, 11) is -2.89. The molecule has 1 aliphatic rings. The van der Waals surface area contributed by atoms with Crippen LogP contribution in [0.1, 0.15) is 102 Å². The average molecular weight is 789 g/mol. The SMILES string of the molecule is CCCCCCCCCCCCCCCCOc1cc(NS(=O)(=O)c2cc(N/N=C3/C(=O)N(c4ccccc4)N=C3C#N)ccc2OCCOC)c(O)cc1C. The first-order chi connectivity index (χ1) is 27.2. The van der Waals surface area contributed by atoms with Crippen LogP contribution in [0, 0.1) is 18.3 Å². The van der Waals surface area contributed by atoms with Gasteiger partial charge in [0.15, 0.2) is 11.4 Å². The van der Waals surface area contributed by atoms with Gasteiger partial charge in [-0.25, -0.2) is 8.42 Å². The minimum atomic E-state index is -4.39. The van der Waals surface area contributed by atoms with Crippen molar-refractivity contribution in [1.82, 2.24) is 0 Å². The average Bonchev–Trinajstić information content (AvgIpc) is 3.52. The number of hydrogen-bond donors (Lipinski definition) is 3. The highest BCUT2D eigenvalue weighted by molar-refractivity contribution is 7.92. The molecule has 14 heteroatoms. The third-order valence-corrected chi connectivity index (χ3v) is 10.7. The number of nitrogens with zero attached hydrogens (tertiary/aromatic N) is 4. The third-order valence-electron chi connectivity index (χ3n) is 9.29. The third kappa shape index (κ3) is 13.3. The molecule has 4 rings (SSSR count). The number of hydrazone groups is 2. The zero-order valence-electron chi connectivity index (χ0n) is 32.9. The molecule has 0 bridgehead atoms. The number of nitriles is 1. The van der Waals surface area contributed by atoms with Crippen LogP contribution in [0.25, 0.3) is 0 Å². The van der Waals surface area contributed by atoms with Crippen LogP contribution in [0.15, 0.2) is 75.8 Å². The fraction of sp³-hybridized carbons (Fsp3) is 0.476. The van der Waals surface area contributed by atoms with Crippen molar-refractivity contribution in [3.63, 3.8) is 0 Å². The molecule has 0 fully saturated rings. The minimum Gasteiger partial charge on any atom is -0.506 e. The van der Waals surface area contributed by atoms with Crippen LogP contribution in [0.2, 0.25) is 0 Å². The lowest BCUT2D eigenvalue weighted by molar-refractivity contribution is -0.112. The van der Waals surface area contributed by atoms with Gasteiger partial charge >= 0.3 is 5.91 Å². The molecule has 3 N–H and O–H groups in total.